The molecule has 0 spiro atoms. The van der Waals surface area contributed by atoms with Crippen molar-refractivity contribution in [2.75, 3.05) is 5.32 Å². The Morgan fingerprint density at radius 1 is 1.35 bits per heavy atom. The molecular weight excluding hydrogens is 323 g/mol. The van der Waals surface area contributed by atoms with Gasteiger partial charge in [0.25, 0.3) is 11.5 Å². The Bertz CT molecular complexity index is 925. The zero-order chi connectivity index (χ0) is 16.6. The number of hydrogen-bond acceptors (Lipinski definition) is 3. The van der Waals surface area contributed by atoms with E-state index in [4.69, 9.17) is 11.6 Å². The van der Waals surface area contributed by atoms with E-state index in [0.717, 1.165) is 6.07 Å². The van der Waals surface area contributed by atoms with Gasteiger partial charge in [0, 0.05) is 37.3 Å². The summed E-state index contributed by atoms with van der Waals surface area (Å²) in [6, 6.07) is 4.03. The monoisotopic (exact) mass is 334 g/mol. The van der Waals surface area contributed by atoms with E-state index in [0.29, 0.717) is 12.2 Å². The number of carbonyl (C=O) groups excluding carboxylic acids is 1. The first-order chi connectivity index (χ1) is 11.0. The quantitative estimate of drug-likeness (QED) is 0.800. The van der Waals surface area contributed by atoms with Gasteiger partial charge in [-0.3, -0.25) is 9.59 Å². The molecule has 6 nitrogen and oxygen atoms in total. The number of aromatic nitrogens is 3. The van der Waals surface area contributed by atoms with Crippen LogP contribution >= 0.6 is 11.6 Å². The molecule has 23 heavy (non-hydrogen) atoms. The summed E-state index contributed by atoms with van der Waals surface area (Å²) in [6.45, 7) is 2.32. The third kappa shape index (κ3) is 2.95. The summed E-state index contributed by atoms with van der Waals surface area (Å²) in [5.74, 6) is -1.07. The predicted molar refractivity (Wildman–Crippen MR) is 84.5 cm³/mol. The van der Waals surface area contributed by atoms with Crippen molar-refractivity contribution in [2.24, 2.45) is 0 Å². The van der Waals surface area contributed by atoms with E-state index >= 15 is 0 Å². The van der Waals surface area contributed by atoms with E-state index in [1.54, 1.807) is 6.20 Å². The first-order valence-corrected chi connectivity index (χ1v) is 7.21. The van der Waals surface area contributed by atoms with Gasteiger partial charge in [-0.25, -0.2) is 9.37 Å². The highest BCUT2D eigenvalue weighted by atomic mass is 35.5. The Balaban J connectivity index is 1.90. The minimum absolute atomic E-state index is 0.0584. The molecule has 0 fully saturated rings. The van der Waals surface area contributed by atoms with E-state index in [1.807, 2.05) is 6.92 Å². The van der Waals surface area contributed by atoms with Gasteiger partial charge >= 0.3 is 0 Å². The van der Waals surface area contributed by atoms with Gasteiger partial charge in [0.05, 0.1) is 10.7 Å². The maximum atomic E-state index is 13.4. The van der Waals surface area contributed by atoms with Gasteiger partial charge in [-0.05, 0) is 13.0 Å². The highest BCUT2D eigenvalue weighted by molar-refractivity contribution is 6.30. The lowest BCUT2D eigenvalue weighted by molar-refractivity contribution is 0.102. The van der Waals surface area contributed by atoms with Gasteiger partial charge in [-0.1, -0.05) is 11.6 Å². The molecule has 8 heteroatoms. The van der Waals surface area contributed by atoms with Crippen molar-refractivity contribution >= 4 is 28.8 Å². The topological polar surface area (TPSA) is 68.4 Å². The third-order valence-corrected chi connectivity index (χ3v) is 3.59. The Hall–Kier alpha value is -2.67. The van der Waals surface area contributed by atoms with Gasteiger partial charge in [0.1, 0.15) is 17.2 Å². The molecule has 0 saturated heterocycles. The Morgan fingerprint density at radius 3 is 2.87 bits per heavy atom. The predicted octanol–water partition coefficient (Wildman–Crippen LogP) is 2.56. The van der Waals surface area contributed by atoms with E-state index < -0.39 is 11.7 Å². The molecule has 3 aromatic rings. The number of pyridine rings is 2. The highest BCUT2D eigenvalue weighted by Gasteiger charge is 2.13. The second-order valence-electron chi connectivity index (χ2n) is 4.86. The van der Waals surface area contributed by atoms with Crippen LogP contribution in [0.2, 0.25) is 5.02 Å². The van der Waals surface area contributed by atoms with E-state index in [1.165, 1.54) is 33.5 Å². The van der Waals surface area contributed by atoms with Crippen LogP contribution in [-0.4, -0.2) is 19.9 Å². The molecule has 118 valence electrons. The molecule has 0 aliphatic carbocycles. The number of rotatable bonds is 3. The fraction of sp³-hybridized carbons (Fsp3) is 0.133. The average molecular weight is 335 g/mol. The average Bonchev–Trinajstić information content (AvgIpc) is 2.92. The summed E-state index contributed by atoms with van der Waals surface area (Å²) in [6.07, 6.45) is 4.34. The number of aryl methyl sites for hydroxylation is 1. The molecule has 0 bridgehead atoms. The molecule has 0 aliphatic heterocycles. The SMILES string of the molecule is CCn1cc(NC(=O)c2cn3cc(Cl)c(F)cc3n2)ccc1=O. The number of amides is 1. The maximum absolute atomic E-state index is 13.4. The van der Waals surface area contributed by atoms with Crippen LogP contribution in [0, 0.1) is 5.82 Å². The molecular formula is C15H12ClFN4O2. The normalized spacial score (nSPS) is 10.9. The van der Waals surface area contributed by atoms with Crippen molar-refractivity contribution in [3.8, 4) is 0 Å². The van der Waals surface area contributed by atoms with E-state index in [9.17, 15) is 14.0 Å². The summed E-state index contributed by atoms with van der Waals surface area (Å²) in [7, 11) is 0. The van der Waals surface area contributed by atoms with Crippen LogP contribution in [0.15, 0.2) is 41.6 Å². The minimum atomic E-state index is -0.605. The standard InChI is InChI=1S/C15H12ClFN4O2/c1-2-20-6-9(3-4-14(20)22)18-15(23)12-8-21-7-10(16)11(17)5-13(21)19-12/h3-8H,2H2,1H3,(H,18,23). The maximum Gasteiger partial charge on any atom is 0.275 e. The number of anilines is 1. The summed E-state index contributed by atoms with van der Waals surface area (Å²) in [4.78, 5) is 27.8. The van der Waals surface area contributed by atoms with Crippen LogP contribution in [0.4, 0.5) is 10.1 Å². The molecule has 1 N–H and O–H groups in total. The fourth-order valence-electron chi connectivity index (χ4n) is 2.14. The highest BCUT2D eigenvalue weighted by Crippen LogP contribution is 2.17. The van der Waals surface area contributed by atoms with Crippen molar-refractivity contribution in [3.05, 3.63) is 63.7 Å². The zero-order valence-corrected chi connectivity index (χ0v) is 12.8. The number of hydrogen-bond donors (Lipinski definition) is 1. The minimum Gasteiger partial charge on any atom is -0.319 e. The number of nitrogens with zero attached hydrogens (tertiary/aromatic N) is 3. The lowest BCUT2D eigenvalue weighted by atomic mass is 10.3. The number of imidazole rings is 1. The van der Waals surface area contributed by atoms with Crippen molar-refractivity contribution in [3.63, 3.8) is 0 Å². The van der Waals surface area contributed by atoms with E-state index in [2.05, 4.69) is 10.3 Å². The number of halogens is 2. The molecule has 0 unspecified atom stereocenters. The van der Waals surface area contributed by atoms with Gasteiger partial charge < -0.3 is 14.3 Å². The van der Waals surface area contributed by atoms with Crippen LogP contribution in [0.5, 0.6) is 0 Å². The Kier molecular flexibility index (Phi) is 3.87. The van der Waals surface area contributed by atoms with Crippen LogP contribution in [0.3, 0.4) is 0 Å². The number of nitrogens with one attached hydrogen (secondary N) is 1. The van der Waals surface area contributed by atoms with Gasteiger partial charge in [-0.2, -0.15) is 0 Å². The molecule has 0 radical (unpaired) electrons. The summed E-state index contributed by atoms with van der Waals surface area (Å²) >= 11 is 5.70. The summed E-state index contributed by atoms with van der Waals surface area (Å²) < 4.78 is 16.3. The van der Waals surface area contributed by atoms with Crippen molar-refractivity contribution in [1.82, 2.24) is 14.0 Å². The molecule has 3 aromatic heterocycles. The third-order valence-electron chi connectivity index (χ3n) is 3.31. The molecule has 0 aromatic carbocycles. The number of fused-ring (bicyclic) bond motifs is 1. The molecule has 0 atom stereocenters. The van der Waals surface area contributed by atoms with Crippen LogP contribution < -0.4 is 10.9 Å². The van der Waals surface area contributed by atoms with Crippen molar-refractivity contribution < 1.29 is 9.18 Å². The fourth-order valence-corrected chi connectivity index (χ4v) is 2.30. The molecule has 3 rings (SSSR count). The molecule has 0 aliphatic rings. The van der Waals surface area contributed by atoms with Crippen molar-refractivity contribution in [1.29, 1.82) is 0 Å². The lowest BCUT2D eigenvalue weighted by Gasteiger charge is -2.06. The van der Waals surface area contributed by atoms with Crippen molar-refractivity contribution in [2.45, 2.75) is 13.5 Å². The van der Waals surface area contributed by atoms with E-state index in [-0.39, 0.29) is 21.9 Å². The van der Waals surface area contributed by atoms with Gasteiger partial charge in [-0.15, -0.1) is 0 Å². The second-order valence-corrected chi connectivity index (χ2v) is 5.26. The van der Waals surface area contributed by atoms with Gasteiger partial charge in [0.15, 0.2) is 0 Å². The lowest BCUT2D eigenvalue weighted by Crippen LogP contribution is -2.19. The summed E-state index contributed by atoms with van der Waals surface area (Å²) in [5, 5.41) is 2.59. The molecule has 0 saturated carbocycles. The Labute approximate surface area is 135 Å². The molecule has 3 heterocycles. The van der Waals surface area contributed by atoms with Crippen LogP contribution in [0.1, 0.15) is 17.4 Å². The smallest absolute Gasteiger partial charge is 0.275 e. The first-order valence-electron chi connectivity index (χ1n) is 6.83. The summed E-state index contributed by atoms with van der Waals surface area (Å²) in [5.41, 5.74) is 0.706. The zero-order valence-electron chi connectivity index (χ0n) is 12.1. The van der Waals surface area contributed by atoms with Crippen LogP contribution in [0.25, 0.3) is 5.65 Å². The number of carbonyl (C=O) groups is 1. The van der Waals surface area contributed by atoms with Gasteiger partial charge in [0.2, 0.25) is 0 Å². The van der Waals surface area contributed by atoms with Crippen LogP contribution in [-0.2, 0) is 6.54 Å². The Morgan fingerprint density at radius 2 is 2.13 bits per heavy atom. The molecule has 1 amide bonds. The second kappa shape index (κ2) is 5.85. The largest absolute Gasteiger partial charge is 0.319 e. The first kappa shape index (κ1) is 15.2.